The second-order valence-corrected chi connectivity index (χ2v) is 2.28. The number of hydrogen-bond donors (Lipinski definition) is 0. The van der Waals surface area contributed by atoms with Gasteiger partial charge in [0.1, 0.15) is 0 Å². The van der Waals surface area contributed by atoms with Crippen LogP contribution in [0.2, 0.25) is 0 Å². The summed E-state index contributed by atoms with van der Waals surface area (Å²) >= 11 is 0. The Balaban J connectivity index is 3.76. The Hall–Kier alpha value is -1.53. The molecule has 0 aliphatic heterocycles. The average molecular weight is 146 g/mol. The molecule has 0 N–H and O–H groups in total. The first-order chi connectivity index (χ1) is 5.70. The van der Waals surface area contributed by atoms with Crippen molar-refractivity contribution in [1.82, 2.24) is 0 Å². The molecule has 0 fully saturated rings. The molecule has 50 valence electrons. The van der Waals surface area contributed by atoms with Crippen LogP contribution in [0.4, 0.5) is 0 Å². The minimum atomic E-state index is 0.382. The van der Waals surface area contributed by atoms with Crippen LogP contribution in [-0.4, -0.2) is 15.0 Å². The van der Waals surface area contributed by atoms with E-state index in [1.807, 2.05) is 0 Å². The number of terminal acetylenes is 2. The van der Waals surface area contributed by atoms with Crippen LogP contribution in [0.15, 0.2) is 12.1 Å². The molecule has 0 saturated heterocycles. The third-order valence-electron chi connectivity index (χ3n) is 1.58. The second-order valence-electron chi connectivity index (χ2n) is 2.28. The Morgan fingerprint density at radius 3 is 2.25 bits per heavy atom. The summed E-state index contributed by atoms with van der Waals surface area (Å²) < 4.78 is 0. The van der Waals surface area contributed by atoms with Crippen LogP contribution in [0, 0.1) is 34.9 Å². The maximum absolute atomic E-state index is 5.61. The summed E-state index contributed by atoms with van der Waals surface area (Å²) in [5.74, 6) is 4.84. The summed E-state index contributed by atoms with van der Waals surface area (Å²) in [6.45, 7) is 0. The Labute approximate surface area is 73.8 Å². The number of benzene rings is 1. The van der Waals surface area contributed by atoms with Crippen LogP contribution >= 0.6 is 0 Å². The van der Waals surface area contributed by atoms with E-state index in [4.69, 9.17) is 27.8 Å². The Kier molecular flexibility index (Phi) is 2.32. The zero-order chi connectivity index (χ0) is 9.14. The second kappa shape index (κ2) is 3.24. The van der Waals surface area contributed by atoms with Crippen molar-refractivity contribution in [3.63, 3.8) is 0 Å². The molecule has 0 aliphatic rings. The molecule has 0 heterocycles. The molecule has 1 aromatic carbocycles. The van der Waals surface area contributed by atoms with E-state index in [2.05, 4.69) is 11.8 Å². The zero-order valence-corrected chi connectivity index (χ0v) is 6.46. The van der Waals surface area contributed by atoms with Crippen molar-refractivity contribution in [3.8, 4) is 24.7 Å². The molecule has 0 nitrogen and oxygen atoms in total. The molecule has 0 unspecified atom stereocenters. The van der Waals surface area contributed by atoms with Crippen LogP contribution in [0.25, 0.3) is 0 Å². The van der Waals surface area contributed by atoms with Crippen molar-refractivity contribution in [2.75, 3.05) is 0 Å². The van der Waals surface area contributed by atoms with E-state index >= 15 is 0 Å². The van der Waals surface area contributed by atoms with Gasteiger partial charge in [-0.15, -0.1) is 0 Å². The first kappa shape index (κ1) is 8.57. The van der Waals surface area contributed by atoms with Gasteiger partial charge in [-0.25, -0.2) is 0 Å². The van der Waals surface area contributed by atoms with E-state index < -0.39 is 0 Å². The predicted octanol–water partition coefficient (Wildman–Crippen LogP) is 0.488. The minimum absolute atomic E-state index is 0.382. The SMILES string of the molecule is [B]=c1ccc(C#C)c(C#C)c1=[B]. The predicted molar refractivity (Wildman–Crippen MR) is 51.5 cm³/mol. The van der Waals surface area contributed by atoms with Crippen LogP contribution in [-0.2, 0) is 0 Å². The molecule has 0 aromatic heterocycles. The standard InChI is InChI=1S/C10H4B2/c1-3-7-5-6-9(11)10(12)8(7)4-2/h1-2,5-6H. The third kappa shape index (κ3) is 1.25. The first-order valence-electron chi connectivity index (χ1n) is 3.32. The quantitative estimate of drug-likeness (QED) is 0.368. The van der Waals surface area contributed by atoms with E-state index in [-0.39, 0.29) is 0 Å². The monoisotopic (exact) mass is 146 g/mol. The van der Waals surface area contributed by atoms with E-state index in [0.717, 1.165) is 0 Å². The summed E-state index contributed by atoms with van der Waals surface area (Å²) in [6.07, 6.45) is 10.4. The van der Waals surface area contributed by atoms with E-state index in [9.17, 15) is 0 Å². The van der Waals surface area contributed by atoms with Crippen molar-refractivity contribution in [3.05, 3.63) is 33.5 Å². The summed E-state index contributed by atoms with van der Waals surface area (Å²) in [5.41, 5.74) is 1.10. The van der Waals surface area contributed by atoms with Crippen molar-refractivity contribution in [2.45, 2.75) is 0 Å². The maximum atomic E-state index is 5.61. The van der Waals surface area contributed by atoms with Gasteiger partial charge in [-0.2, -0.15) is 0 Å². The van der Waals surface area contributed by atoms with Gasteiger partial charge in [-0.3, -0.25) is 0 Å². The van der Waals surface area contributed by atoms with Gasteiger partial charge in [0, 0.05) is 0 Å². The molecule has 0 aliphatic carbocycles. The molecule has 1 rings (SSSR count). The van der Waals surface area contributed by atoms with Gasteiger partial charge in [0.05, 0.1) is 0 Å². The summed E-state index contributed by atoms with van der Waals surface area (Å²) in [5, 5.41) is 0.843. The fourth-order valence-corrected chi connectivity index (χ4v) is 0.911. The zero-order valence-electron chi connectivity index (χ0n) is 6.46. The molecule has 0 saturated carbocycles. The third-order valence-corrected chi connectivity index (χ3v) is 1.58. The fraction of sp³-hybridized carbons (Fsp3) is 0. The van der Waals surface area contributed by atoms with Gasteiger partial charge in [0.2, 0.25) is 0 Å². The molecule has 0 amide bonds. The van der Waals surface area contributed by atoms with Gasteiger partial charge < -0.3 is 0 Å². The summed E-state index contributed by atoms with van der Waals surface area (Å²) in [6, 6.07) is 3.33. The molecule has 12 heavy (non-hydrogen) atoms. The molecular weight excluding hydrogens is 142 g/mol. The summed E-state index contributed by atoms with van der Waals surface area (Å²) in [4.78, 5) is 0. The Morgan fingerprint density at radius 2 is 1.75 bits per heavy atom. The summed E-state index contributed by atoms with van der Waals surface area (Å²) in [7, 11) is 11.1. The number of hydrogen-bond acceptors (Lipinski definition) is 0. The van der Waals surface area contributed by atoms with Crippen molar-refractivity contribution in [1.29, 1.82) is 0 Å². The molecule has 0 spiro atoms. The van der Waals surface area contributed by atoms with Crippen molar-refractivity contribution in [2.24, 2.45) is 0 Å². The number of rotatable bonds is 0. The van der Waals surface area contributed by atoms with Gasteiger partial charge in [-0.1, -0.05) is 0 Å². The van der Waals surface area contributed by atoms with E-state index in [1.54, 1.807) is 12.1 Å². The average Bonchev–Trinajstić information content (AvgIpc) is 2.09. The van der Waals surface area contributed by atoms with Gasteiger partial charge >= 0.3 is 73.1 Å². The Bertz CT molecular complexity index is 486. The molecule has 0 atom stereocenters. The van der Waals surface area contributed by atoms with Crippen molar-refractivity contribution >= 4 is 15.0 Å². The van der Waals surface area contributed by atoms with E-state index in [1.165, 1.54) is 0 Å². The van der Waals surface area contributed by atoms with E-state index in [0.29, 0.717) is 21.3 Å². The topological polar surface area (TPSA) is 0 Å². The van der Waals surface area contributed by atoms with Gasteiger partial charge in [0.25, 0.3) is 0 Å². The molecule has 2 radical (unpaired) electrons. The molecule has 0 bridgehead atoms. The molecule has 2 heteroatoms. The van der Waals surface area contributed by atoms with Crippen LogP contribution in [0.1, 0.15) is 11.1 Å². The van der Waals surface area contributed by atoms with Crippen LogP contribution < -0.4 is 0 Å². The first-order valence-corrected chi connectivity index (χ1v) is 3.32. The fourth-order valence-electron chi connectivity index (χ4n) is 0.911. The van der Waals surface area contributed by atoms with Crippen LogP contribution in [0.3, 0.4) is 0 Å². The van der Waals surface area contributed by atoms with Crippen molar-refractivity contribution < 1.29 is 0 Å². The normalized spacial score (nSPS) is 8.33. The molecule has 1 aromatic rings. The van der Waals surface area contributed by atoms with Gasteiger partial charge in [0.15, 0.2) is 0 Å². The Morgan fingerprint density at radius 1 is 1.08 bits per heavy atom. The van der Waals surface area contributed by atoms with Gasteiger partial charge in [-0.05, 0) is 0 Å². The molecular formula is C10H4B2. The van der Waals surface area contributed by atoms with Crippen LogP contribution in [0.5, 0.6) is 0 Å².